The van der Waals surface area contributed by atoms with Crippen LogP contribution < -0.4 is 15.8 Å². The number of nitrogens with two attached hydrogens (primary N) is 1. The lowest BCUT2D eigenvalue weighted by molar-refractivity contribution is 0.413. The molecular weight excluding hydrogens is 154 g/mol. The summed E-state index contributed by atoms with van der Waals surface area (Å²) in [5.74, 6) is 1.58. The fourth-order valence-electron chi connectivity index (χ4n) is 0.806. The number of methoxy groups -OCH3 is 1. The second kappa shape index (κ2) is 4.56. The maximum Gasteiger partial charge on any atom is 0.137 e. The summed E-state index contributed by atoms with van der Waals surface area (Å²) in [5.41, 5.74) is 5.32. The molecule has 0 spiro atoms. The number of nitrogens with one attached hydrogen (secondary N) is 1. The topological polar surface area (TPSA) is 60.2 Å². The molecule has 4 heteroatoms. The summed E-state index contributed by atoms with van der Waals surface area (Å²) in [4.78, 5) is 4.10. The van der Waals surface area contributed by atoms with Crippen molar-refractivity contribution in [1.82, 2.24) is 4.98 Å². The quantitative estimate of drug-likeness (QED) is 0.684. The Hall–Kier alpha value is -1.29. The van der Waals surface area contributed by atoms with E-state index < -0.39 is 0 Å². The zero-order valence-electron chi connectivity index (χ0n) is 7.08. The molecule has 0 saturated heterocycles. The van der Waals surface area contributed by atoms with Crippen molar-refractivity contribution in [1.29, 1.82) is 0 Å². The first-order valence-electron chi connectivity index (χ1n) is 3.81. The molecule has 1 heterocycles. The number of rotatable bonds is 4. The van der Waals surface area contributed by atoms with Crippen molar-refractivity contribution >= 4 is 5.82 Å². The fourth-order valence-corrected chi connectivity index (χ4v) is 0.806. The molecule has 3 N–H and O–H groups in total. The SMILES string of the molecule is COc1ccc(NCCN)nc1. The van der Waals surface area contributed by atoms with Gasteiger partial charge in [-0.1, -0.05) is 0 Å². The smallest absolute Gasteiger partial charge is 0.137 e. The third-order valence-electron chi connectivity index (χ3n) is 1.42. The molecule has 0 unspecified atom stereocenters. The highest BCUT2D eigenvalue weighted by molar-refractivity contribution is 5.37. The second-order valence-electron chi connectivity index (χ2n) is 2.30. The van der Waals surface area contributed by atoms with E-state index in [9.17, 15) is 0 Å². The van der Waals surface area contributed by atoms with E-state index in [-0.39, 0.29) is 0 Å². The predicted octanol–water partition coefficient (Wildman–Crippen LogP) is 0.461. The van der Waals surface area contributed by atoms with Gasteiger partial charge in [-0.15, -0.1) is 0 Å². The summed E-state index contributed by atoms with van der Waals surface area (Å²) in [6, 6.07) is 3.71. The first-order chi connectivity index (χ1) is 5.86. The molecule has 0 amide bonds. The molecule has 0 radical (unpaired) electrons. The summed E-state index contributed by atoms with van der Waals surface area (Å²) in [6.07, 6.45) is 1.67. The van der Waals surface area contributed by atoms with Gasteiger partial charge in [0, 0.05) is 13.1 Å². The van der Waals surface area contributed by atoms with Crippen molar-refractivity contribution in [3.8, 4) is 5.75 Å². The lowest BCUT2D eigenvalue weighted by Crippen LogP contribution is -2.13. The number of hydrogen-bond acceptors (Lipinski definition) is 4. The number of ether oxygens (including phenoxy) is 1. The highest BCUT2D eigenvalue weighted by Crippen LogP contribution is 2.10. The Morgan fingerprint density at radius 2 is 2.42 bits per heavy atom. The molecule has 0 atom stereocenters. The van der Waals surface area contributed by atoms with Crippen molar-refractivity contribution in [3.63, 3.8) is 0 Å². The van der Waals surface area contributed by atoms with Crippen molar-refractivity contribution in [2.45, 2.75) is 0 Å². The van der Waals surface area contributed by atoms with Gasteiger partial charge in [-0.25, -0.2) is 4.98 Å². The molecule has 0 saturated carbocycles. The van der Waals surface area contributed by atoms with Gasteiger partial charge in [0.15, 0.2) is 0 Å². The van der Waals surface area contributed by atoms with Crippen LogP contribution in [0.4, 0.5) is 5.82 Å². The van der Waals surface area contributed by atoms with Crippen LogP contribution >= 0.6 is 0 Å². The van der Waals surface area contributed by atoms with Crippen LogP contribution in [0.5, 0.6) is 5.75 Å². The molecule has 12 heavy (non-hydrogen) atoms. The average Bonchev–Trinajstić information content (AvgIpc) is 2.15. The summed E-state index contributed by atoms with van der Waals surface area (Å²) < 4.78 is 4.96. The van der Waals surface area contributed by atoms with Gasteiger partial charge in [-0.3, -0.25) is 0 Å². The van der Waals surface area contributed by atoms with Crippen LogP contribution in [0.25, 0.3) is 0 Å². The van der Waals surface area contributed by atoms with Gasteiger partial charge in [0.25, 0.3) is 0 Å². The minimum absolute atomic E-state index is 0.605. The van der Waals surface area contributed by atoms with E-state index in [1.54, 1.807) is 13.3 Å². The van der Waals surface area contributed by atoms with Gasteiger partial charge in [0.1, 0.15) is 11.6 Å². The Balaban J connectivity index is 2.53. The Morgan fingerprint density at radius 3 is 2.92 bits per heavy atom. The minimum Gasteiger partial charge on any atom is -0.495 e. The molecule has 1 rings (SSSR count). The molecule has 0 bridgehead atoms. The summed E-state index contributed by atoms with van der Waals surface area (Å²) in [5, 5.41) is 3.05. The average molecular weight is 167 g/mol. The molecule has 1 aromatic rings. The fraction of sp³-hybridized carbons (Fsp3) is 0.375. The second-order valence-corrected chi connectivity index (χ2v) is 2.30. The largest absolute Gasteiger partial charge is 0.495 e. The van der Waals surface area contributed by atoms with Crippen molar-refractivity contribution in [3.05, 3.63) is 18.3 Å². The molecule has 0 aliphatic carbocycles. The predicted molar refractivity (Wildman–Crippen MR) is 48.3 cm³/mol. The minimum atomic E-state index is 0.605. The summed E-state index contributed by atoms with van der Waals surface area (Å²) in [6.45, 7) is 1.34. The molecule has 0 fully saturated rings. The number of anilines is 1. The molecule has 0 aliphatic heterocycles. The Bertz CT molecular complexity index is 222. The van der Waals surface area contributed by atoms with Crippen LogP contribution in [-0.4, -0.2) is 25.2 Å². The van der Waals surface area contributed by atoms with E-state index in [0.717, 1.165) is 18.1 Å². The maximum absolute atomic E-state index is 5.32. The van der Waals surface area contributed by atoms with Gasteiger partial charge >= 0.3 is 0 Å². The molecule has 0 aliphatic rings. The first kappa shape index (κ1) is 8.80. The normalized spacial score (nSPS) is 9.50. The summed E-state index contributed by atoms with van der Waals surface area (Å²) >= 11 is 0. The van der Waals surface area contributed by atoms with Crippen LogP contribution in [0.1, 0.15) is 0 Å². The zero-order chi connectivity index (χ0) is 8.81. The van der Waals surface area contributed by atoms with Crippen molar-refractivity contribution < 1.29 is 4.74 Å². The molecule has 0 aromatic carbocycles. The number of pyridine rings is 1. The Kier molecular flexibility index (Phi) is 3.35. The Labute approximate surface area is 71.7 Å². The number of hydrogen-bond donors (Lipinski definition) is 2. The maximum atomic E-state index is 5.32. The molecule has 4 nitrogen and oxygen atoms in total. The lowest BCUT2D eigenvalue weighted by Gasteiger charge is -2.03. The molecule has 66 valence electrons. The van der Waals surface area contributed by atoms with E-state index in [0.29, 0.717) is 6.54 Å². The van der Waals surface area contributed by atoms with Gasteiger partial charge in [0.2, 0.25) is 0 Å². The van der Waals surface area contributed by atoms with E-state index in [1.807, 2.05) is 12.1 Å². The standard InChI is InChI=1S/C8H13N3O/c1-12-7-2-3-8(11-6-7)10-5-4-9/h2-3,6H,4-5,9H2,1H3,(H,10,11). The third-order valence-corrected chi connectivity index (χ3v) is 1.42. The number of nitrogens with zero attached hydrogens (tertiary/aromatic N) is 1. The van der Waals surface area contributed by atoms with Gasteiger partial charge in [0.05, 0.1) is 13.3 Å². The van der Waals surface area contributed by atoms with Gasteiger partial charge in [-0.2, -0.15) is 0 Å². The van der Waals surface area contributed by atoms with Gasteiger partial charge < -0.3 is 15.8 Å². The van der Waals surface area contributed by atoms with Crippen LogP contribution in [0.2, 0.25) is 0 Å². The Morgan fingerprint density at radius 1 is 1.58 bits per heavy atom. The van der Waals surface area contributed by atoms with E-state index in [4.69, 9.17) is 10.5 Å². The van der Waals surface area contributed by atoms with Crippen LogP contribution in [0, 0.1) is 0 Å². The van der Waals surface area contributed by atoms with E-state index in [1.165, 1.54) is 0 Å². The van der Waals surface area contributed by atoms with Gasteiger partial charge in [-0.05, 0) is 12.1 Å². The monoisotopic (exact) mass is 167 g/mol. The first-order valence-corrected chi connectivity index (χ1v) is 3.81. The number of aromatic nitrogens is 1. The highest BCUT2D eigenvalue weighted by Gasteiger charge is 1.92. The third kappa shape index (κ3) is 2.39. The lowest BCUT2D eigenvalue weighted by atomic mass is 10.4. The van der Waals surface area contributed by atoms with E-state index in [2.05, 4.69) is 10.3 Å². The van der Waals surface area contributed by atoms with Crippen LogP contribution in [-0.2, 0) is 0 Å². The van der Waals surface area contributed by atoms with Crippen LogP contribution in [0.3, 0.4) is 0 Å². The van der Waals surface area contributed by atoms with Crippen LogP contribution in [0.15, 0.2) is 18.3 Å². The van der Waals surface area contributed by atoms with Crippen molar-refractivity contribution in [2.75, 3.05) is 25.5 Å². The molecular formula is C8H13N3O. The highest BCUT2D eigenvalue weighted by atomic mass is 16.5. The van der Waals surface area contributed by atoms with E-state index >= 15 is 0 Å². The summed E-state index contributed by atoms with van der Waals surface area (Å²) in [7, 11) is 1.62. The zero-order valence-corrected chi connectivity index (χ0v) is 7.08. The molecule has 1 aromatic heterocycles. The van der Waals surface area contributed by atoms with Crippen molar-refractivity contribution in [2.24, 2.45) is 5.73 Å².